The average Bonchev–Trinajstić information content (AvgIpc) is 2.26. The molecule has 0 fully saturated rings. The minimum absolute atomic E-state index is 0.0472. The number of carbonyl (C=O) groups is 2. The summed E-state index contributed by atoms with van der Waals surface area (Å²) in [5, 5.41) is 5.53. The van der Waals surface area contributed by atoms with Gasteiger partial charge in [-0.3, -0.25) is 9.59 Å². The van der Waals surface area contributed by atoms with Crippen molar-refractivity contribution in [1.82, 2.24) is 10.6 Å². The molecule has 0 aliphatic heterocycles. The summed E-state index contributed by atoms with van der Waals surface area (Å²) in [5.74, 6) is -0.257. The zero-order chi connectivity index (χ0) is 14.3. The van der Waals surface area contributed by atoms with E-state index in [9.17, 15) is 9.59 Å². The van der Waals surface area contributed by atoms with E-state index in [2.05, 4.69) is 10.6 Å². The fourth-order valence-electron chi connectivity index (χ4n) is 1.25. The van der Waals surface area contributed by atoms with E-state index in [1.54, 1.807) is 0 Å². The molecule has 0 heterocycles. The highest BCUT2D eigenvalue weighted by atomic mass is 16.2. The van der Waals surface area contributed by atoms with Gasteiger partial charge in [-0.25, -0.2) is 0 Å². The van der Waals surface area contributed by atoms with Crippen molar-refractivity contribution in [2.75, 3.05) is 6.54 Å². The van der Waals surface area contributed by atoms with Crippen molar-refractivity contribution in [1.29, 1.82) is 0 Å². The van der Waals surface area contributed by atoms with Crippen LogP contribution < -0.4 is 16.4 Å². The van der Waals surface area contributed by atoms with Crippen molar-refractivity contribution in [3.63, 3.8) is 0 Å². The Morgan fingerprint density at radius 2 is 1.83 bits per heavy atom. The highest BCUT2D eigenvalue weighted by Gasteiger charge is 2.27. The second kappa shape index (κ2) is 7.36. The summed E-state index contributed by atoms with van der Waals surface area (Å²) >= 11 is 0. The second-order valence-electron chi connectivity index (χ2n) is 5.76. The maximum Gasteiger partial charge on any atom is 0.237 e. The standard InChI is InChI=1S/C13H27N3O2/c1-6-9(2)16-10(17)7-8-15-12(18)11(14)13(3,4)5/h9,11H,6-8,14H2,1-5H3,(H,15,18)(H,16,17)/t9?,11-/m1/s1. The van der Waals surface area contributed by atoms with Gasteiger partial charge in [0.25, 0.3) is 0 Å². The quantitative estimate of drug-likeness (QED) is 0.657. The number of rotatable bonds is 6. The molecule has 1 unspecified atom stereocenters. The molecule has 0 aliphatic carbocycles. The number of nitrogens with one attached hydrogen (secondary N) is 2. The topological polar surface area (TPSA) is 84.2 Å². The maximum atomic E-state index is 11.7. The summed E-state index contributed by atoms with van der Waals surface area (Å²) in [4.78, 5) is 23.1. The number of hydrogen-bond donors (Lipinski definition) is 3. The van der Waals surface area contributed by atoms with Gasteiger partial charge in [0.15, 0.2) is 0 Å². The summed E-state index contributed by atoms with van der Waals surface area (Å²) in [5.41, 5.74) is 5.53. The van der Waals surface area contributed by atoms with Gasteiger partial charge in [-0.15, -0.1) is 0 Å². The summed E-state index contributed by atoms with van der Waals surface area (Å²) in [6.45, 7) is 10.0. The van der Waals surface area contributed by atoms with Crippen LogP contribution in [0.4, 0.5) is 0 Å². The van der Waals surface area contributed by atoms with E-state index in [1.807, 2.05) is 34.6 Å². The lowest BCUT2D eigenvalue weighted by atomic mass is 9.87. The fourth-order valence-corrected chi connectivity index (χ4v) is 1.25. The van der Waals surface area contributed by atoms with E-state index in [1.165, 1.54) is 0 Å². The van der Waals surface area contributed by atoms with Crippen molar-refractivity contribution in [3.8, 4) is 0 Å². The van der Waals surface area contributed by atoms with Gasteiger partial charge in [0.1, 0.15) is 0 Å². The zero-order valence-electron chi connectivity index (χ0n) is 12.2. The van der Waals surface area contributed by atoms with Crippen LogP contribution in [0.3, 0.4) is 0 Å². The van der Waals surface area contributed by atoms with Crippen molar-refractivity contribution in [3.05, 3.63) is 0 Å². The van der Waals surface area contributed by atoms with Gasteiger partial charge in [-0.2, -0.15) is 0 Å². The van der Waals surface area contributed by atoms with Gasteiger partial charge in [0, 0.05) is 19.0 Å². The lowest BCUT2D eigenvalue weighted by molar-refractivity contribution is -0.125. The molecular weight excluding hydrogens is 230 g/mol. The molecule has 0 saturated heterocycles. The van der Waals surface area contributed by atoms with E-state index in [0.29, 0.717) is 6.54 Å². The predicted octanol–water partition coefficient (Wildman–Crippen LogP) is 0.781. The smallest absolute Gasteiger partial charge is 0.237 e. The average molecular weight is 257 g/mol. The Kier molecular flexibility index (Phi) is 6.91. The van der Waals surface area contributed by atoms with Gasteiger partial charge in [-0.05, 0) is 18.8 Å². The molecule has 106 valence electrons. The summed E-state index contributed by atoms with van der Waals surface area (Å²) in [7, 11) is 0. The molecule has 0 aromatic heterocycles. The van der Waals surface area contributed by atoms with Gasteiger partial charge in [-0.1, -0.05) is 27.7 Å². The van der Waals surface area contributed by atoms with Crippen molar-refractivity contribution >= 4 is 11.8 Å². The van der Waals surface area contributed by atoms with E-state index < -0.39 is 6.04 Å². The zero-order valence-corrected chi connectivity index (χ0v) is 12.2. The van der Waals surface area contributed by atoms with E-state index in [4.69, 9.17) is 5.73 Å². The first-order valence-electron chi connectivity index (χ1n) is 6.51. The third-order valence-corrected chi connectivity index (χ3v) is 2.89. The molecule has 0 saturated carbocycles. The number of hydrogen-bond acceptors (Lipinski definition) is 3. The Balaban J connectivity index is 3.92. The molecule has 2 atom stereocenters. The van der Waals surface area contributed by atoms with Crippen LogP contribution >= 0.6 is 0 Å². The van der Waals surface area contributed by atoms with Crippen molar-refractivity contribution < 1.29 is 9.59 Å². The summed E-state index contributed by atoms with van der Waals surface area (Å²) in [6.07, 6.45) is 1.18. The largest absolute Gasteiger partial charge is 0.354 e. The Morgan fingerprint density at radius 1 is 1.28 bits per heavy atom. The molecule has 5 nitrogen and oxygen atoms in total. The van der Waals surface area contributed by atoms with E-state index in [0.717, 1.165) is 6.42 Å². The highest BCUT2D eigenvalue weighted by molar-refractivity contribution is 5.83. The molecule has 0 aromatic rings. The van der Waals surface area contributed by atoms with Gasteiger partial charge < -0.3 is 16.4 Å². The molecule has 0 bridgehead atoms. The van der Waals surface area contributed by atoms with Gasteiger partial charge in [0.2, 0.25) is 11.8 Å². The van der Waals surface area contributed by atoms with Crippen LogP contribution in [0, 0.1) is 5.41 Å². The minimum Gasteiger partial charge on any atom is -0.354 e. The third kappa shape index (κ3) is 6.59. The van der Waals surface area contributed by atoms with Crippen LogP contribution in [0.2, 0.25) is 0 Å². The molecule has 0 aromatic carbocycles. The number of carbonyl (C=O) groups excluding carboxylic acids is 2. The van der Waals surface area contributed by atoms with Crippen LogP contribution in [-0.4, -0.2) is 30.4 Å². The normalized spacial score (nSPS) is 14.8. The highest BCUT2D eigenvalue weighted by Crippen LogP contribution is 2.16. The van der Waals surface area contributed by atoms with Crippen molar-refractivity contribution in [2.45, 2.75) is 59.5 Å². The van der Waals surface area contributed by atoms with E-state index >= 15 is 0 Å². The number of amides is 2. The minimum atomic E-state index is -0.560. The molecule has 0 aliphatic rings. The van der Waals surface area contributed by atoms with Crippen LogP contribution in [0.1, 0.15) is 47.5 Å². The summed E-state index contributed by atoms with van der Waals surface area (Å²) in [6, 6.07) is -0.389. The van der Waals surface area contributed by atoms with Crippen LogP contribution in [0.25, 0.3) is 0 Å². The molecular formula is C13H27N3O2. The molecule has 0 radical (unpaired) electrons. The molecule has 0 spiro atoms. The SMILES string of the molecule is CCC(C)NC(=O)CCNC(=O)[C@@H](N)C(C)(C)C. The Bertz CT molecular complexity index is 284. The monoisotopic (exact) mass is 257 g/mol. The van der Waals surface area contributed by atoms with Gasteiger partial charge >= 0.3 is 0 Å². The third-order valence-electron chi connectivity index (χ3n) is 2.89. The lowest BCUT2D eigenvalue weighted by Gasteiger charge is -2.25. The first-order valence-corrected chi connectivity index (χ1v) is 6.51. The first kappa shape index (κ1) is 16.9. The Morgan fingerprint density at radius 3 is 2.28 bits per heavy atom. The second-order valence-corrected chi connectivity index (χ2v) is 5.76. The maximum absolute atomic E-state index is 11.7. The van der Waals surface area contributed by atoms with Crippen LogP contribution in [-0.2, 0) is 9.59 Å². The van der Waals surface area contributed by atoms with Crippen molar-refractivity contribution in [2.24, 2.45) is 11.1 Å². The predicted molar refractivity (Wildman–Crippen MR) is 73.0 cm³/mol. The van der Waals surface area contributed by atoms with Gasteiger partial charge in [0.05, 0.1) is 6.04 Å². The van der Waals surface area contributed by atoms with Crippen LogP contribution in [0.15, 0.2) is 0 Å². The Labute approximate surface area is 110 Å². The number of nitrogens with two attached hydrogens (primary N) is 1. The van der Waals surface area contributed by atoms with E-state index in [-0.39, 0.29) is 29.7 Å². The molecule has 0 rings (SSSR count). The molecule has 18 heavy (non-hydrogen) atoms. The molecule has 5 heteroatoms. The summed E-state index contributed by atoms with van der Waals surface area (Å²) < 4.78 is 0. The van der Waals surface area contributed by atoms with Crippen LogP contribution in [0.5, 0.6) is 0 Å². The fraction of sp³-hybridized carbons (Fsp3) is 0.846. The first-order chi connectivity index (χ1) is 8.18. The molecule has 2 amide bonds. The lowest BCUT2D eigenvalue weighted by Crippen LogP contribution is -2.49. The molecule has 4 N–H and O–H groups in total. The Hall–Kier alpha value is -1.10.